The second-order valence-corrected chi connectivity index (χ2v) is 6.53. The molecule has 0 radical (unpaired) electrons. The number of amides is 1. The molecule has 1 aliphatic heterocycles. The maximum Gasteiger partial charge on any atom is 0.250 e. The van der Waals surface area contributed by atoms with E-state index >= 15 is 0 Å². The lowest BCUT2D eigenvalue weighted by Crippen LogP contribution is -2.26. The van der Waals surface area contributed by atoms with E-state index in [1.807, 2.05) is 40.0 Å². The molecule has 2 atom stereocenters. The number of carbonyl (C=O) groups excluding carboxylic acids is 1. The van der Waals surface area contributed by atoms with Gasteiger partial charge < -0.3 is 10.1 Å². The maximum atomic E-state index is 12.6. The third-order valence-corrected chi connectivity index (χ3v) is 4.52. The number of anilines is 1. The van der Waals surface area contributed by atoms with Crippen LogP contribution in [0.1, 0.15) is 48.8 Å². The fourth-order valence-electron chi connectivity index (χ4n) is 3.16. The van der Waals surface area contributed by atoms with Gasteiger partial charge in [0.1, 0.15) is 11.9 Å². The summed E-state index contributed by atoms with van der Waals surface area (Å²) in [5, 5.41) is 11.9. The Labute approximate surface area is 142 Å². The highest BCUT2D eigenvalue weighted by Gasteiger charge is 2.22. The fourth-order valence-corrected chi connectivity index (χ4v) is 3.16. The van der Waals surface area contributed by atoms with Crippen molar-refractivity contribution in [2.75, 3.05) is 18.5 Å². The lowest BCUT2D eigenvalue weighted by molar-refractivity contribution is -0.119. The van der Waals surface area contributed by atoms with Gasteiger partial charge in [-0.05, 0) is 39.7 Å². The lowest BCUT2D eigenvalue weighted by atomic mass is 9.99. The van der Waals surface area contributed by atoms with Gasteiger partial charge in [0.05, 0.1) is 18.0 Å². The van der Waals surface area contributed by atoms with Gasteiger partial charge in [0.15, 0.2) is 0 Å². The predicted octanol–water partition coefficient (Wildman–Crippen LogP) is 2.33. The molecule has 2 unspecified atom stereocenters. The van der Waals surface area contributed by atoms with Crippen LogP contribution < -0.4 is 5.32 Å². The molecule has 0 spiro atoms. The predicted molar refractivity (Wildman–Crippen MR) is 91.0 cm³/mol. The summed E-state index contributed by atoms with van der Waals surface area (Å²) in [6, 6.07) is 3.54. The molecule has 0 aliphatic carbocycles. The molecule has 0 saturated carbocycles. The number of nitrogens with one attached hydrogen (secondary N) is 1. The van der Waals surface area contributed by atoms with E-state index in [9.17, 15) is 4.79 Å². The zero-order valence-corrected chi connectivity index (χ0v) is 14.7. The molecule has 1 N–H and O–H groups in total. The zero-order chi connectivity index (χ0) is 17.3. The molecule has 7 nitrogen and oxygen atoms in total. The van der Waals surface area contributed by atoms with Crippen LogP contribution in [0.2, 0.25) is 0 Å². The lowest BCUT2D eigenvalue weighted by Gasteiger charge is -2.19. The van der Waals surface area contributed by atoms with E-state index in [1.165, 1.54) is 0 Å². The van der Waals surface area contributed by atoms with Gasteiger partial charge in [-0.1, -0.05) is 0 Å². The zero-order valence-electron chi connectivity index (χ0n) is 14.7. The summed E-state index contributed by atoms with van der Waals surface area (Å²) >= 11 is 0. The molecule has 2 aromatic heterocycles. The topological polar surface area (TPSA) is 74.0 Å². The molecule has 3 rings (SSSR count). The van der Waals surface area contributed by atoms with E-state index in [2.05, 4.69) is 15.5 Å². The molecule has 0 bridgehead atoms. The molecule has 2 aromatic rings. The van der Waals surface area contributed by atoms with Crippen LogP contribution in [0, 0.1) is 13.8 Å². The molecule has 1 aliphatic rings. The van der Waals surface area contributed by atoms with Crippen molar-refractivity contribution >= 4 is 11.7 Å². The number of aryl methyl sites for hydroxylation is 3. The quantitative estimate of drug-likeness (QED) is 0.933. The molecule has 0 aromatic carbocycles. The second-order valence-electron chi connectivity index (χ2n) is 6.53. The van der Waals surface area contributed by atoms with Crippen LogP contribution in [0.15, 0.2) is 12.1 Å². The summed E-state index contributed by atoms with van der Waals surface area (Å²) in [7, 11) is 1.84. The van der Waals surface area contributed by atoms with Gasteiger partial charge >= 0.3 is 0 Å². The molecule has 7 heteroatoms. The van der Waals surface area contributed by atoms with Gasteiger partial charge in [0, 0.05) is 31.3 Å². The minimum atomic E-state index is -0.380. The highest BCUT2D eigenvalue weighted by atomic mass is 16.5. The number of hydrogen-bond acceptors (Lipinski definition) is 4. The van der Waals surface area contributed by atoms with Crippen molar-refractivity contribution in [3.8, 4) is 0 Å². The Balaban J connectivity index is 1.72. The molecular weight excluding hydrogens is 306 g/mol. The number of nitrogens with zero attached hydrogens (tertiary/aromatic N) is 4. The first-order chi connectivity index (χ1) is 11.5. The van der Waals surface area contributed by atoms with Crippen LogP contribution in [-0.2, 0) is 16.6 Å². The molecule has 130 valence electrons. The fraction of sp³-hybridized carbons (Fsp3) is 0.588. The van der Waals surface area contributed by atoms with Crippen molar-refractivity contribution in [3.05, 3.63) is 29.2 Å². The Bertz CT molecular complexity index is 727. The number of carbonyl (C=O) groups is 1. The van der Waals surface area contributed by atoms with E-state index in [0.717, 1.165) is 36.5 Å². The first-order valence-corrected chi connectivity index (χ1v) is 8.41. The Morgan fingerprint density at radius 1 is 1.38 bits per heavy atom. The summed E-state index contributed by atoms with van der Waals surface area (Å²) in [5.74, 6) is 0.911. The minimum absolute atomic E-state index is 0.101. The molecule has 3 heterocycles. The van der Waals surface area contributed by atoms with Crippen molar-refractivity contribution in [1.29, 1.82) is 0 Å². The van der Waals surface area contributed by atoms with E-state index in [4.69, 9.17) is 4.74 Å². The van der Waals surface area contributed by atoms with Crippen molar-refractivity contribution in [3.63, 3.8) is 0 Å². The monoisotopic (exact) mass is 331 g/mol. The minimum Gasteiger partial charge on any atom is -0.381 e. The first kappa shape index (κ1) is 16.7. The largest absolute Gasteiger partial charge is 0.381 e. The normalized spacial score (nSPS) is 19.2. The van der Waals surface area contributed by atoms with Crippen LogP contribution in [0.4, 0.5) is 5.82 Å². The number of hydrogen-bond donors (Lipinski definition) is 1. The summed E-state index contributed by atoms with van der Waals surface area (Å²) in [6.07, 6.45) is 2.13. The van der Waals surface area contributed by atoms with Gasteiger partial charge in [0.2, 0.25) is 5.91 Å². The second kappa shape index (κ2) is 6.76. The highest BCUT2D eigenvalue weighted by molar-refractivity contribution is 5.92. The average molecular weight is 331 g/mol. The Kier molecular flexibility index (Phi) is 4.71. The van der Waals surface area contributed by atoms with E-state index in [-0.39, 0.29) is 11.9 Å². The molecule has 1 saturated heterocycles. The van der Waals surface area contributed by atoms with Crippen LogP contribution in [0.25, 0.3) is 0 Å². The van der Waals surface area contributed by atoms with Crippen LogP contribution in [0.5, 0.6) is 0 Å². The SMILES string of the molecule is Cc1cc(C)n(C(C)C(=O)Nc2cc(C3CCCOC3)nn2C)n1. The number of aromatic nitrogens is 4. The Morgan fingerprint density at radius 3 is 2.79 bits per heavy atom. The van der Waals surface area contributed by atoms with Gasteiger partial charge in [-0.25, -0.2) is 0 Å². The van der Waals surface area contributed by atoms with E-state index in [0.29, 0.717) is 18.3 Å². The summed E-state index contributed by atoms with van der Waals surface area (Å²) < 4.78 is 9.00. The number of rotatable bonds is 4. The van der Waals surface area contributed by atoms with Gasteiger partial charge in [-0.3, -0.25) is 14.2 Å². The Hall–Kier alpha value is -2.15. The third kappa shape index (κ3) is 3.36. The molecule has 1 amide bonds. The van der Waals surface area contributed by atoms with Gasteiger partial charge in [-0.15, -0.1) is 0 Å². The van der Waals surface area contributed by atoms with Crippen molar-refractivity contribution < 1.29 is 9.53 Å². The van der Waals surface area contributed by atoms with Gasteiger partial charge in [-0.2, -0.15) is 10.2 Å². The van der Waals surface area contributed by atoms with Crippen LogP contribution >= 0.6 is 0 Å². The smallest absolute Gasteiger partial charge is 0.250 e. The Morgan fingerprint density at radius 2 is 2.17 bits per heavy atom. The van der Waals surface area contributed by atoms with E-state index < -0.39 is 0 Å². The maximum absolute atomic E-state index is 12.6. The molecule has 24 heavy (non-hydrogen) atoms. The van der Waals surface area contributed by atoms with Crippen molar-refractivity contribution in [2.24, 2.45) is 7.05 Å². The summed E-state index contributed by atoms with van der Waals surface area (Å²) in [6.45, 7) is 7.25. The number of ether oxygens (including phenoxy) is 1. The standard InChI is InChI=1S/C17H25N5O2/c1-11-8-12(2)22(19-11)13(3)17(23)18-16-9-15(20-21(16)4)14-6-5-7-24-10-14/h8-9,13-14H,5-7,10H2,1-4H3,(H,18,23). The summed E-state index contributed by atoms with van der Waals surface area (Å²) in [5.41, 5.74) is 2.86. The first-order valence-electron chi connectivity index (χ1n) is 8.41. The van der Waals surface area contributed by atoms with Crippen LogP contribution in [-0.4, -0.2) is 38.7 Å². The molecular formula is C17H25N5O2. The average Bonchev–Trinajstić information content (AvgIpc) is 3.10. The third-order valence-electron chi connectivity index (χ3n) is 4.52. The van der Waals surface area contributed by atoms with Crippen molar-refractivity contribution in [2.45, 2.75) is 45.6 Å². The van der Waals surface area contributed by atoms with Gasteiger partial charge in [0.25, 0.3) is 0 Å². The van der Waals surface area contributed by atoms with E-state index in [1.54, 1.807) is 9.36 Å². The molecule has 1 fully saturated rings. The summed E-state index contributed by atoms with van der Waals surface area (Å²) in [4.78, 5) is 12.6. The van der Waals surface area contributed by atoms with Crippen LogP contribution in [0.3, 0.4) is 0 Å². The van der Waals surface area contributed by atoms with Crippen molar-refractivity contribution in [1.82, 2.24) is 19.6 Å². The highest BCUT2D eigenvalue weighted by Crippen LogP contribution is 2.26.